The van der Waals surface area contributed by atoms with Gasteiger partial charge in [-0.25, -0.2) is 0 Å². The monoisotopic (exact) mass is 251 g/mol. The van der Waals surface area contributed by atoms with Gasteiger partial charge in [-0.3, -0.25) is 0 Å². The summed E-state index contributed by atoms with van der Waals surface area (Å²) in [6.07, 6.45) is 0.269. The number of hydrogen-bond acceptors (Lipinski definition) is 3. The Balaban J connectivity index is 2.93. The molecule has 0 spiro atoms. The molecule has 0 aliphatic rings. The summed E-state index contributed by atoms with van der Waals surface area (Å²) in [6, 6.07) is 6.26. The van der Waals surface area contributed by atoms with Gasteiger partial charge in [-0.2, -0.15) is 0 Å². The van der Waals surface area contributed by atoms with E-state index in [1.807, 2.05) is 6.07 Å². The molecule has 3 heteroatoms. The highest BCUT2D eigenvalue weighted by Crippen LogP contribution is 2.31. The Kier molecular flexibility index (Phi) is 5.63. The molecule has 0 aliphatic heterocycles. The van der Waals surface area contributed by atoms with E-state index >= 15 is 0 Å². The van der Waals surface area contributed by atoms with Gasteiger partial charge in [-0.1, -0.05) is 32.9 Å². The van der Waals surface area contributed by atoms with Crippen molar-refractivity contribution < 1.29 is 9.84 Å². The molecule has 18 heavy (non-hydrogen) atoms. The fourth-order valence-corrected chi connectivity index (χ4v) is 2.15. The molecule has 0 aromatic heterocycles. The van der Waals surface area contributed by atoms with E-state index in [4.69, 9.17) is 10.5 Å². The van der Waals surface area contributed by atoms with Gasteiger partial charge in [0.1, 0.15) is 5.75 Å². The first-order valence-corrected chi connectivity index (χ1v) is 6.55. The topological polar surface area (TPSA) is 55.5 Å². The summed E-state index contributed by atoms with van der Waals surface area (Å²) in [5.74, 6) is 1.65. The second-order valence-electron chi connectivity index (χ2n) is 5.18. The molecule has 2 atom stereocenters. The predicted octanol–water partition coefficient (Wildman–Crippen LogP) is 2.63. The number of aliphatic hydroxyl groups is 1. The van der Waals surface area contributed by atoms with E-state index in [0.29, 0.717) is 24.8 Å². The SMILES string of the molecule is COc1ccc(C(C)CC(O)CN)cc1C(C)C. The van der Waals surface area contributed by atoms with E-state index in [9.17, 15) is 5.11 Å². The normalized spacial score (nSPS) is 14.6. The van der Waals surface area contributed by atoms with Gasteiger partial charge in [0.05, 0.1) is 13.2 Å². The number of benzene rings is 1. The average Bonchev–Trinajstić information content (AvgIpc) is 2.37. The van der Waals surface area contributed by atoms with E-state index in [2.05, 4.69) is 32.9 Å². The number of methoxy groups -OCH3 is 1. The van der Waals surface area contributed by atoms with Crippen LogP contribution in [0.4, 0.5) is 0 Å². The van der Waals surface area contributed by atoms with Gasteiger partial charge in [0, 0.05) is 6.54 Å². The lowest BCUT2D eigenvalue weighted by Crippen LogP contribution is -2.21. The second kappa shape index (κ2) is 6.76. The zero-order valence-electron chi connectivity index (χ0n) is 11.8. The molecule has 1 aromatic rings. The first-order valence-electron chi connectivity index (χ1n) is 6.55. The van der Waals surface area contributed by atoms with Crippen LogP contribution in [-0.4, -0.2) is 24.9 Å². The van der Waals surface area contributed by atoms with Crippen LogP contribution in [0, 0.1) is 0 Å². The van der Waals surface area contributed by atoms with Crippen molar-refractivity contribution in [2.75, 3.05) is 13.7 Å². The molecule has 2 unspecified atom stereocenters. The molecule has 3 nitrogen and oxygen atoms in total. The van der Waals surface area contributed by atoms with Gasteiger partial charge in [-0.05, 0) is 35.4 Å². The van der Waals surface area contributed by atoms with Crippen LogP contribution in [0.2, 0.25) is 0 Å². The molecule has 1 aromatic carbocycles. The minimum absolute atomic E-state index is 0.298. The summed E-state index contributed by atoms with van der Waals surface area (Å²) in [5.41, 5.74) is 7.89. The van der Waals surface area contributed by atoms with Crippen LogP contribution >= 0.6 is 0 Å². The molecule has 0 amide bonds. The van der Waals surface area contributed by atoms with Gasteiger partial charge in [0.2, 0.25) is 0 Å². The minimum atomic E-state index is -0.426. The van der Waals surface area contributed by atoms with Crippen LogP contribution in [0.5, 0.6) is 5.75 Å². The molecule has 102 valence electrons. The summed E-state index contributed by atoms with van der Waals surface area (Å²) in [5, 5.41) is 9.62. The van der Waals surface area contributed by atoms with Gasteiger partial charge in [0.15, 0.2) is 0 Å². The first kappa shape index (κ1) is 15.0. The smallest absolute Gasteiger partial charge is 0.122 e. The zero-order valence-corrected chi connectivity index (χ0v) is 11.8. The maximum Gasteiger partial charge on any atom is 0.122 e. The molecule has 0 aliphatic carbocycles. The third kappa shape index (κ3) is 3.72. The van der Waals surface area contributed by atoms with Gasteiger partial charge >= 0.3 is 0 Å². The molecule has 0 heterocycles. The fourth-order valence-electron chi connectivity index (χ4n) is 2.15. The van der Waals surface area contributed by atoms with E-state index in [1.54, 1.807) is 7.11 Å². The highest BCUT2D eigenvalue weighted by Gasteiger charge is 2.14. The van der Waals surface area contributed by atoms with E-state index in [0.717, 1.165) is 5.75 Å². The van der Waals surface area contributed by atoms with Crippen LogP contribution in [0.3, 0.4) is 0 Å². The Morgan fingerprint density at radius 2 is 1.94 bits per heavy atom. The molecule has 0 fully saturated rings. The van der Waals surface area contributed by atoms with Crippen molar-refractivity contribution in [2.45, 2.75) is 45.1 Å². The van der Waals surface area contributed by atoms with Gasteiger partial charge in [-0.15, -0.1) is 0 Å². The lowest BCUT2D eigenvalue weighted by atomic mass is 9.91. The molecular formula is C15H25NO2. The molecule has 0 bridgehead atoms. The predicted molar refractivity (Wildman–Crippen MR) is 75.2 cm³/mol. The largest absolute Gasteiger partial charge is 0.496 e. The summed E-state index contributed by atoms with van der Waals surface area (Å²) < 4.78 is 5.37. The van der Waals surface area contributed by atoms with Crippen LogP contribution in [-0.2, 0) is 0 Å². The number of ether oxygens (including phenoxy) is 1. The van der Waals surface area contributed by atoms with Crippen molar-refractivity contribution in [2.24, 2.45) is 5.73 Å². The molecule has 0 saturated heterocycles. The van der Waals surface area contributed by atoms with E-state index in [1.165, 1.54) is 11.1 Å². The van der Waals surface area contributed by atoms with Crippen LogP contribution in [0.15, 0.2) is 18.2 Å². The van der Waals surface area contributed by atoms with Crippen molar-refractivity contribution in [3.05, 3.63) is 29.3 Å². The maximum atomic E-state index is 9.62. The zero-order chi connectivity index (χ0) is 13.7. The summed E-state index contributed by atoms with van der Waals surface area (Å²) in [7, 11) is 1.70. The molecule has 0 saturated carbocycles. The number of hydrogen-bond donors (Lipinski definition) is 2. The van der Waals surface area contributed by atoms with Crippen molar-refractivity contribution in [3.63, 3.8) is 0 Å². The Morgan fingerprint density at radius 3 is 2.44 bits per heavy atom. The molecular weight excluding hydrogens is 226 g/mol. The van der Waals surface area contributed by atoms with E-state index in [-0.39, 0.29) is 0 Å². The number of aliphatic hydroxyl groups excluding tert-OH is 1. The average molecular weight is 251 g/mol. The third-order valence-electron chi connectivity index (χ3n) is 3.34. The number of rotatable bonds is 6. The van der Waals surface area contributed by atoms with Gasteiger partial charge in [0.25, 0.3) is 0 Å². The van der Waals surface area contributed by atoms with Crippen LogP contribution in [0.25, 0.3) is 0 Å². The molecule has 3 N–H and O–H groups in total. The standard InChI is InChI=1S/C15H25NO2/c1-10(2)14-8-12(5-6-15(14)18-4)11(3)7-13(17)9-16/h5-6,8,10-11,13,17H,7,9,16H2,1-4H3. The Labute approximate surface area is 110 Å². The fraction of sp³-hybridized carbons (Fsp3) is 0.600. The quantitative estimate of drug-likeness (QED) is 0.817. The molecule has 0 radical (unpaired) electrons. The Morgan fingerprint density at radius 1 is 1.28 bits per heavy atom. The Hall–Kier alpha value is -1.06. The lowest BCUT2D eigenvalue weighted by molar-refractivity contribution is 0.165. The Bertz CT molecular complexity index is 377. The van der Waals surface area contributed by atoms with Crippen molar-refractivity contribution >= 4 is 0 Å². The highest BCUT2D eigenvalue weighted by atomic mass is 16.5. The second-order valence-corrected chi connectivity index (χ2v) is 5.18. The van der Waals surface area contributed by atoms with Crippen molar-refractivity contribution in [1.29, 1.82) is 0 Å². The summed E-state index contributed by atoms with van der Waals surface area (Å²) in [6.45, 7) is 6.74. The summed E-state index contributed by atoms with van der Waals surface area (Å²) in [4.78, 5) is 0. The maximum absolute atomic E-state index is 9.62. The number of nitrogens with two attached hydrogens (primary N) is 1. The van der Waals surface area contributed by atoms with Crippen molar-refractivity contribution in [3.8, 4) is 5.75 Å². The van der Waals surface area contributed by atoms with Crippen LogP contribution in [0.1, 0.15) is 50.2 Å². The van der Waals surface area contributed by atoms with E-state index < -0.39 is 6.10 Å². The third-order valence-corrected chi connectivity index (χ3v) is 3.34. The summed E-state index contributed by atoms with van der Waals surface area (Å²) >= 11 is 0. The highest BCUT2D eigenvalue weighted by molar-refractivity contribution is 5.40. The minimum Gasteiger partial charge on any atom is -0.496 e. The first-order chi connectivity index (χ1) is 8.49. The lowest BCUT2D eigenvalue weighted by Gasteiger charge is -2.19. The van der Waals surface area contributed by atoms with Crippen LogP contribution < -0.4 is 10.5 Å². The van der Waals surface area contributed by atoms with Gasteiger partial charge < -0.3 is 15.6 Å². The van der Waals surface area contributed by atoms with Crippen molar-refractivity contribution in [1.82, 2.24) is 0 Å². The molecule has 1 rings (SSSR count).